The molecule has 0 N–H and O–H groups in total. The molecule has 0 rings (SSSR count). The lowest BCUT2D eigenvalue weighted by molar-refractivity contribution is -0.166. The van der Waals surface area contributed by atoms with Gasteiger partial charge < -0.3 is 14.2 Å². The standard InChI is InChI=1S/C58H98O6/c1-4-7-10-13-16-19-22-25-27-28-29-31-33-36-39-42-45-48-51-57(60)63-54-55(53-62-56(59)50-47-44-41-38-35-32-24-21-18-15-12-9-6-3)64-58(61)52-49-46-43-40-37-34-30-26-23-20-17-14-11-8-5-2/h16,19-20,22-23,25,27-29,31-32,35,41,44,55H,4-15,17-18,21,24,26,30,33-34,36-40,42-43,45-54H2,1-3H3/b19-16+,23-20+,25-22+,28-27+,31-29+,35-32+,44-41+. The van der Waals surface area contributed by atoms with Gasteiger partial charge in [0.25, 0.3) is 0 Å². The Morgan fingerprint density at radius 1 is 0.328 bits per heavy atom. The van der Waals surface area contributed by atoms with E-state index in [4.69, 9.17) is 14.2 Å². The van der Waals surface area contributed by atoms with Crippen molar-refractivity contribution in [2.75, 3.05) is 13.2 Å². The van der Waals surface area contributed by atoms with Crippen LogP contribution in [-0.4, -0.2) is 37.2 Å². The first-order valence-electron chi connectivity index (χ1n) is 26.6. The van der Waals surface area contributed by atoms with Crippen LogP contribution in [0.3, 0.4) is 0 Å². The number of esters is 3. The number of hydrogen-bond donors (Lipinski definition) is 0. The Balaban J connectivity index is 4.50. The average molecular weight is 891 g/mol. The van der Waals surface area contributed by atoms with Gasteiger partial charge in [-0.3, -0.25) is 14.4 Å². The minimum atomic E-state index is -0.811. The van der Waals surface area contributed by atoms with Gasteiger partial charge in [-0.05, 0) is 89.9 Å². The molecule has 366 valence electrons. The van der Waals surface area contributed by atoms with E-state index in [0.29, 0.717) is 19.3 Å². The van der Waals surface area contributed by atoms with E-state index in [1.807, 2.05) is 6.08 Å². The molecule has 0 bridgehead atoms. The molecule has 0 radical (unpaired) electrons. The number of allylic oxidation sites excluding steroid dienone is 14. The van der Waals surface area contributed by atoms with E-state index in [-0.39, 0.29) is 37.5 Å². The van der Waals surface area contributed by atoms with Crippen LogP contribution in [0.1, 0.15) is 245 Å². The molecule has 0 fully saturated rings. The van der Waals surface area contributed by atoms with E-state index in [0.717, 1.165) is 77.0 Å². The largest absolute Gasteiger partial charge is 0.462 e. The summed E-state index contributed by atoms with van der Waals surface area (Å²) < 4.78 is 16.7. The molecule has 0 aromatic heterocycles. The lowest BCUT2D eigenvalue weighted by Crippen LogP contribution is -2.30. The number of ether oxygens (including phenoxy) is 3. The quantitative estimate of drug-likeness (QED) is 0.0199. The molecule has 6 heteroatoms. The smallest absolute Gasteiger partial charge is 0.306 e. The number of hydrogen-bond acceptors (Lipinski definition) is 6. The molecule has 0 spiro atoms. The third-order valence-electron chi connectivity index (χ3n) is 11.2. The summed E-state index contributed by atoms with van der Waals surface area (Å²) in [6.07, 6.45) is 67.1. The van der Waals surface area contributed by atoms with Gasteiger partial charge in [-0.1, -0.05) is 221 Å². The predicted octanol–water partition coefficient (Wildman–Crippen LogP) is 17.6. The van der Waals surface area contributed by atoms with Crippen molar-refractivity contribution < 1.29 is 28.6 Å². The fourth-order valence-electron chi connectivity index (χ4n) is 7.15. The van der Waals surface area contributed by atoms with E-state index in [1.54, 1.807) is 0 Å². The predicted molar refractivity (Wildman–Crippen MR) is 274 cm³/mol. The Bertz CT molecular complexity index is 1250. The van der Waals surface area contributed by atoms with Crippen molar-refractivity contribution in [2.24, 2.45) is 0 Å². The lowest BCUT2D eigenvalue weighted by Gasteiger charge is -2.18. The minimum Gasteiger partial charge on any atom is -0.462 e. The molecule has 0 heterocycles. The molecular weight excluding hydrogens is 793 g/mol. The Hall–Kier alpha value is -3.41. The van der Waals surface area contributed by atoms with Gasteiger partial charge in [-0.2, -0.15) is 0 Å². The van der Waals surface area contributed by atoms with Crippen molar-refractivity contribution in [2.45, 2.75) is 252 Å². The van der Waals surface area contributed by atoms with Crippen molar-refractivity contribution in [3.8, 4) is 0 Å². The molecule has 0 aliphatic rings. The zero-order chi connectivity index (χ0) is 46.5. The zero-order valence-electron chi connectivity index (χ0n) is 41.8. The lowest BCUT2D eigenvalue weighted by atomic mass is 10.1. The maximum Gasteiger partial charge on any atom is 0.306 e. The van der Waals surface area contributed by atoms with Crippen LogP contribution < -0.4 is 0 Å². The van der Waals surface area contributed by atoms with Crippen molar-refractivity contribution in [1.82, 2.24) is 0 Å². The van der Waals surface area contributed by atoms with Crippen LogP contribution in [0.4, 0.5) is 0 Å². The highest BCUT2D eigenvalue weighted by molar-refractivity contribution is 5.71. The zero-order valence-corrected chi connectivity index (χ0v) is 41.8. The highest BCUT2D eigenvalue weighted by Gasteiger charge is 2.19. The third kappa shape index (κ3) is 49.6. The molecule has 0 aliphatic heterocycles. The second-order valence-electron chi connectivity index (χ2n) is 17.5. The van der Waals surface area contributed by atoms with E-state index >= 15 is 0 Å². The monoisotopic (exact) mass is 891 g/mol. The van der Waals surface area contributed by atoms with Crippen LogP contribution in [0.2, 0.25) is 0 Å². The Labute approximate surface area is 395 Å². The summed E-state index contributed by atoms with van der Waals surface area (Å²) in [5.74, 6) is -1.00. The number of carbonyl (C=O) groups is 3. The summed E-state index contributed by atoms with van der Waals surface area (Å²) in [4.78, 5) is 38.0. The molecular formula is C58H98O6. The minimum absolute atomic E-state index is 0.108. The van der Waals surface area contributed by atoms with Gasteiger partial charge in [0.15, 0.2) is 6.10 Å². The van der Waals surface area contributed by atoms with Crippen LogP contribution in [0.25, 0.3) is 0 Å². The number of rotatable bonds is 47. The normalized spacial score (nSPS) is 12.7. The maximum absolute atomic E-state index is 12.8. The van der Waals surface area contributed by atoms with Crippen LogP contribution >= 0.6 is 0 Å². The van der Waals surface area contributed by atoms with Crippen molar-refractivity contribution in [3.05, 3.63) is 85.1 Å². The molecule has 0 saturated carbocycles. The second kappa shape index (κ2) is 52.2. The fraction of sp³-hybridized carbons (Fsp3) is 0.707. The second-order valence-corrected chi connectivity index (χ2v) is 17.5. The summed E-state index contributed by atoms with van der Waals surface area (Å²) in [5, 5.41) is 0. The average Bonchev–Trinajstić information content (AvgIpc) is 3.29. The van der Waals surface area contributed by atoms with Gasteiger partial charge in [0.05, 0.1) is 0 Å². The summed E-state index contributed by atoms with van der Waals surface area (Å²) in [5.41, 5.74) is 0. The molecule has 0 aliphatic carbocycles. The third-order valence-corrected chi connectivity index (χ3v) is 11.2. The molecule has 6 nitrogen and oxygen atoms in total. The summed E-state index contributed by atoms with van der Waals surface area (Å²) in [6.45, 7) is 6.50. The first kappa shape index (κ1) is 60.6. The van der Waals surface area contributed by atoms with Gasteiger partial charge in [0.1, 0.15) is 13.2 Å². The Morgan fingerprint density at radius 3 is 1.16 bits per heavy atom. The SMILES string of the molecule is CCCCC/C=C/C=C/C=C/C=C/CCCCCCCC(=O)OCC(COC(=O)CC/C=C/C/C=C/CCCCCCCC)OC(=O)CCCCCCCCC/C=C/CCCCCC. The highest BCUT2D eigenvalue weighted by atomic mass is 16.6. The van der Waals surface area contributed by atoms with Crippen LogP contribution in [-0.2, 0) is 28.6 Å². The Morgan fingerprint density at radius 2 is 0.656 bits per heavy atom. The van der Waals surface area contributed by atoms with Gasteiger partial charge in [0.2, 0.25) is 0 Å². The van der Waals surface area contributed by atoms with E-state index in [2.05, 4.69) is 99.8 Å². The molecule has 64 heavy (non-hydrogen) atoms. The first-order valence-corrected chi connectivity index (χ1v) is 26.6. The number of carbonyl (C=O) groups excluding carboxylic acids is 3. The molecule has 0 amide bonds. The Kier molecular flexibility index (Phi) is 49.4. The maximum atomic E-state index is 12.8. The van der Waals surface area contributed by atoms with Gasteiger partial charge >= 0.3 is 17.9 Å². The van der Waals surface area contributed by atoms with E-state index in [9.17, 15) is 14.4 Å². The van der Waals surface area contributed by atoms with Gasteiger partial charge in [-0.25, -0.2) is 0 Å². The van der Waals surface area contributed by atoms with Crippen LogP contribution in [0.5, 0.6) is 0 Å². The molecule has 0 aromatic rings. The topological polar surface area (TPSA) is 78.9 Å². The molecule has 1 unspecified atom stereocenters. The fourth-order valence-corrected chi connectivity index (χ4v) is 7.15. The number of unbranched alkanes of at least 4 members (excludes halogenated alkanes) is 25. The van der Waals surface area contributed by atoms with Crippen molar-refractivity contribution in [1.29, 1.82) is 0 Å². The van der Waals surface area contributed by atoms with Crippen molar-refractivity contribution in [3.63, 3.8) is 0 Å². The molecule has 0 aromatic carbocycles. The van der Waals surface area contributed by atoms with E-state index < -0.39 is 6.10 Å². The summed E-state index contributed by atoms with van der Waals surface area (Å²) >= 11 is 0. The van der Waals surface area contributed by atoms with Crippen LogP contribution in [0.15, 0.2) is 85.1 Å². The van der Waals surface area contributed by atoms with E-state index in [1.165, 1.54) is 122 Å². The summed E-state index contributed by atoms with van der Waals surface area (Å²) in [7, 11) is 0. The highest BCUT2D eigenvalue weighted by Crippen LogP contribution is 2.14. The van der Waals surface area contributed by atoms with Crippen molar-refractivity contribution >= 4 is 17.9 Å². The van der Waals surface area contributed by atoms with Gasteiger partial charge in [-0.15, -0.1) is 0 Å². The molecule has 0 saturated heterocycles. The van der Waals surface area contributed by atoms with Gasteiger partial charge in [0, 0.05) is 19.3 Å². The summed E-state index contributed by atoms with van der Waals surface area (Å²) in [6, 6.07) is 0. The molecule has 1 atom stereocenters. The first-order chi connectivity index (χ1) is 31.5. The van der Waals surface area contributed by atoms with Crippen LogP contribution in [0, 0.1) is 0 Å².